The molecule has 0 aliphatic rings. The number of hydrogen-bond donors (Lipinski definition) is 0. The van der Waals surface area contributed by atoms with Gasteiger partial charge in [0.2, 0.25) is 0 Å². The molecule has 0 spiro atoms. The third-order valence-corrected chi connectivity index (χ3v) is 2.77. The molecular formula is C15H18F3NO. The fourth-order valence-electron chi connectivity index (χ4n) is 1.46. The average Bonchev–Trinajstić information content (AvgIpc) is 2.39. The van der Waals surface area contributed by atoms with Crippen molar-refractivity contribution in [2.75, 3.05) is 0 Å². The van der Waals surface area contributed by atoms with Crippen molar-refractivity contribution in [1.82, 2.24) is 0 Å². The fraction of sp³-hybridized carbons (Fsp3) is 0.400. The second kappa shape index (κ2) is 7.12. The summed E-state index contributed by atoms with van der Waals surface area (Å²) >= 11 is 0. The van der Waals surface area contributed by atoms with E-state index < -0.39 is 6.36 Å². The van der Waals surface area contributed by atoms with Crippen LogP contribution in [0.2, 0.25) is 0 Å². The lowest BCUT2D eigenvalue weighted by Gasteiger charge is -2.09. The van der Waals surface area contributed by atoms with E-state index in [1.54, 1.807) is 12.1 Å². The maximum Gasteiger partial charge on any atom is 0.573 e. The molecule has 0 amide bonds. The van der Waals surface area contributed by atoms with E-state index in [1.165, 1.54) is 12.1 Å². The minimum atomic E-state index is -4.67. The highest BCUT2D eigenvalue weighted by Crippen LogP contribution is 2.25. The Morgan fingerprint density at radius 2 is 1.90 bits per heavy atom. The molecule has 1 aromatic carbocycles. The first-order chi connectivity index (χ1) is 9.35. The molecule has 110 valence electrons. The largest absolute Gasteiger partial charge is 0.573 e. The van der Waals surface area contributed by atoms with Crippen molar-refractivity contribution < 1.29 is 17.9 Å². The first-order valence-corrected chi connectivity index (χ1v) is 6.42. The molecule has 5 heteroatoms. The number of benzene rings is 1. The summed E-state index contributed by atoms with van der Waals surface area (Å²) in [6.07, 6.45) is -0.0214. The number of ether oxygens (including phenoxy) is 1. The fourth-order valence-corrected chi connectivity index (χ4v) is 1.46. The van der Waals surface area contributed by atoms with Crippen LogP contribution in [0.4, 0.5) is 13.2 Å². The molecule has 1 atom stereocenters. The summed E-state index contributed by atoms with van der Waals surface area (Å²) in [6.45, 7) is 5.95. The van der Waals surface area contributed by atoms with Crippen molar-refractivity contribution in [1.29, 1.82) is 0 Å². The van der Waals surface area contributed by atoms with E-state index in [-0.39, 0.29) is 5.75 Å². The summed E-state index contributed by atoms with van der Waals surface area (Å²) < 4.78 is 40.0. The Bertz CT molecular complexity index is 475. The summed E-state index contributed by atoms with van der Waals surface area (Å²) in [5, 5.41) is 0. The lowest BCUT2D eigenvalue weighted by molar-refractivity contribution is -0.274. The number of hydrogen-bond acceptors (Lipinski definition) is 2. The van der Waals surface area contributed by atoms with Gasteiger partial charge in [-0.2, -0.15) is 0 Å². The predicted octanol–water partition coefficient (Wildman–Crippen LogP) is 5.06. The van der Waals surface area contributed by atoms with Gasteiger partial charge in [0.25, 0.3) is 0 Å². The number of rotatable bonds is 5. The molecular weight excluding hydrogens is 267 g/mol. The molecule has 0 aromatic heterocycles. The van der Waals surface area contributed by atoms with Crippen LogP contribution in [0.15, 0.2) is 35.3 Å². The highest BCUT2D eigenvalue weighted by molar-refractivity contribution is 5.74. The number of alkyl halides is 3. The monoisotopic (exact) mass is 285 g/mol. The molecule has 0 aliphatic heterocycles. The van der Waals surface area contributed by atoms with Crippen LogP contribution < -0.4 is 4.74 Å². The van der Waals surface area contributed by atoms with Gasteiger partial charge in [0.15, 0.2) is 0 Å². The Labute approximate surface area is 117 Å². The molecule has 1 rings (SSSR count). The maximum atomic E-state index is 12.1. The van der Waals surface area contributed by atoms with Gasteiger partial charge in [0.1, 0.15) is 5.75 Å². The van der Waals surface area contributed by atoms with Crippen LogP contribution in [-0.2, 0) is 0 Å². The van der Waals surface area contributed by atoms with E-state index >= 15 is 0 Å². The van der Waals surface area contributed by atoms with Crippen LogP contribution >= 0.6 is 0 Å². The highest BCUT2D eigenvalue weighted by atomic mass is 19.4. The summed E-state index contributed by atoms with van der Waals surface area (Å²) in [6, 6.07) is 5.69. The van der Waals surface area contributed by atoms with Gasteiger partial charge in [-0.15, -0.1) is 13.2 Å². The standard InChI is InChI=1S/C15H18F3NO/c1-4-11(3)10-19-14(5-2)12-6-8-13(9-7-12)20-15(16,17)18/h5-11H,4H2,1-3H3/b14-5-,19-10?. The second-order valence-corrected chi connectivity index (χ2v) is 4.41. The van der Waals surface area contributed by atoms with Gasteiger partial charge < -0.3 is 4.74 Å². The zero-order valence-electron chi connectivity index (χ0n) is 11.7. The molecule has 0 fully saturated rings. The third-order valence-electron chi connectivity index (χ3n) is 2.77. The molecule has 0 radical (unpaired) electrons. The molecule has 0 heterocycles. The topological polar surface area (TPSA) is 21.6 Å². The minimum Gasteiger partial charge on any atom is -0.406 e. The smallest absolute Gasteiger partial charge is 0.406 e. The Morgan fingerprint density at radius 3 is 2.35 bits per heavy atom. The average molecular weight is 285 g/mol. The van der Waals surface area contributed by atoms with Gasteiger partial charge in [-0.05, 0) is 43.5 Å². The molecule has 0 saturated heterocycles. The molecule has 20 heavy (non-hydrogen) atoms. The lowest BCUT2D eigenvalue weighted by atomic mass is 10.1. The molecule has 0 aliphatic carbocycles. The quantitative estimate of drug-likeness (QED) is 0.693. The second-order valence-electron chi connectivity index (χ2n) is 4.41. The predicted molar refractivity (Wildman–Crippen MR) is 74.7 cm³/mol. The molecule has 1 unspecified atom stereocenters. The van der Waals surface area contributed by atoms with Gasteiger partial charge in [-0.1, -0.05) is 19.9 Å². The molecule has 1 aromatic rings. The zero-order chi connectivity index (χ0) is 15.2. The van der Waals surface area contributed by atoms with E-state index in [0.29, 0.717) is 5.92 Å². The Kier molecular flexibility index (Phi) is 5.80. The van der Waals surface area contributed by atoms with Gasteiger partial charge >= 0.3 is 6.36 Å². The number of allylic oxidation sites excluding steroid dienone is 1. The summed E-state index contributed by atoms with van der Waals surface area (Å²) in [5.74, 6) is 0.125. The summed E-state index contributed by atoms with van der Waals surface area (Å²) in [4.78, 5) is 4.36. The van der Waals surface area contributed by atoms with E-state index in [9.17, 15) is 13.2 Å². The molecule has 2 nitrogen and oxygen atoms in total. The van der Waals surface area contributed by atoms with Crippen molar-refractivity contribution in [2.24, 2.45) is 10.9 Å². The zero-order valence-corrected chi connectivity index (χ0v) is 11.7. The van der Waals surface area contributed by atoms with Crippen molar-refractivity contribution in [3.8, 4) is 5.75 Å². The number of halogens is 3. The molecule has 0 saturated carbocycles. The number of nitrogens with zero attached hydrogens (tertiary/aromatic N) is 1. The molecule has 0 bridgehead atoms. The first kappa shape index (κ1) is 16.3. The van der Waals surface area contributed by atoms with E-state index in [1.807, 2.05) is 19.2 Å². The Hall–Kier alpha value is -1.78. The van der Waals surface area contributed by atoms with Gasteiger partial charge in [-0.3, -0.25) is 4.99 Å². The number of aliphatic imine (C=N–C) groups is 1. The highest BCUT2D eigenvalue weighted by Gasteiger charge is 2.30. The SMILES string of the molecule is C/C=C(\N=CC(C)CC)c1ccc(OC(F)(F)F)cc1. The van der Waals surface area contributed by atoms with Crippen LogP contribution in [-0.4, -0.2) is 12.6 Å². The van der Waals surface area contributed by atoms with Crippen molar-refractivity contribution in [2.45, 2.75) is 33.6 Å². The third kappa shape index (κ3) is 5.47. The summed E-state index contributed by atoms with van der Waals surface area (Å²) in [5.41, 5.74) is 1.48. The molecule has 0 N–H and O–H groups in total. The van der Waals surface area contributed by atoms with E-state index in [2.05, 4.69) is 23.6 Å². The Balaban J connectivity index is 2.83. The van der Waals surface area contributed by atoms with Crippen molar-refractivity contribution >= 4 is 11.9 Å². The lowest BCUT2D eigenvalue weighted by Crippen LogP contribution is -2.16. The summed E-state index contributed by atoms with van der Waals surface area (Å²) in [7, 11) is 0. The van der Waals surface area contributed by atoms with Crippen LogP contribution in [0.5, 0.6) is 5.75 Å². The van der Waals surface area contributed by atoms with Crippen molar-refractivity contribution in [3.63, 3.8) is 0 Å². The van der Waals surface area contributed by atoms with Crippen LogP contribution in [0.3, 0.4) is 0 Å². The van der Waals surface area contributed by atoms with Gasteiger partial charge in [-0.25, -0.2) is 0 Å². The van der Waals surface area contributed by atoms with Crippen LogP contribution in [0, 0.1) is 5.92 Å². The van der Waals surface area contributed by atoms with Crippen LogP contribution in [0.1, 0.15) is 32.8 Å². The normalized spacial score (nSPS) is 14.6. The van der Waals surface area contributed by atoms with E-state index in [4.69, 9.17) is 0 Å². The van der Waals surface area contributed by atoms with Gasteiger partial charge in [0, 0.05) is 11.8 Å². The van der Waals surface area contributed by atoms with Crippen molar-refractivity contribution in [3.05, 3.63) is 35.9 Å². The van der Waals surface area contributed by atoms with E-state index in [0.717, 1.165) is 17.7 Å². The maximum absolute atomic E-state index is 12.1. The van der Waals surface area contributed by atoms with Crippen LogP contribution in [0.25, 0.3) is 5.70 Å². The Morgan fingerprint density at radius 1 is 1.30 bits per heavy atom. The first-order valence-electron chi connectivity index (χ1n) is 6.42. The minimum absolute atomic E-state index is 0.234. The van der Waals surface area contributed by atoms with Gasteiger partial charge in [0.05, 0.1) is 5.70 Å².